The van der Waals surface area contributed by atoms with Gasteiger partial charge >= 0.3 is 0 Å². The molecule has 3 aliphatic rings. The average molecular weight is 417 g/mol. The first-order chi connectivity index (χ1) is 14.3. The van der Waals surface area contributed by atoms with E-state index >= 15 is 0 Å². The van der Waals surface area contributed by atoms with Crippen LogP contribution in [0.15, 0.2) is 18.2 Å². The fraction of sp³-hybridized carbons (Fsp3) is 0.600. The maximum atomic E-state index is 13.2. The van der Waals surface area contributed by atoms with Gasteiger partial charge in [-0.05, 0) is 37.7 Å². The van der Waals surface area contributed by atoms with Gasteiger partial charge in [-0.15, -0.1) is 0 Å². The van der Waals surface area contributed by atoms with E-state index in [1.165, 1.54) is 6.07 Å². The number of hydrogen-bond acceptors (Lipinski definition) is 7. The molecule has 1 aromatic carbocycles. The van der Waals surface area contributed by atoms with Crippen molar-refractivity contribution in [2.45, 2.75) is 32.2 Å². The molecule has 1 aromatic rings. The van der Waals surface area contributed by atoms with Crippen molar-refractivity contribution in [3.8, 4) is 0 Å². The van der Waals surface area contributed by atoms with Crippen LogP contribution in [0, 0.1) is 28.4 Å². The largest absolute Gasteiger partial charge is 0.368 e. The molecule has 4 rings (SSSR count). The topological polar surface area (TPSA) is 128 Å². The summed E-state index contributed by atoms with van der Waals surface area (Å²) in [5.74, 6) is -1.23. The van der Waals surface area contributed by atoms with Crippen LogP contribution in [0.4, 0.5) is 11.4 Å². The first kappa shape index (κ1) is 20.5. The minimum absolute atomic E-state index is 0.0873. The number of nitro benzene ring substituents is 1. The Morgan fingerprint density at radius 2 is 1.97 bits per heavy atom. The molecule has 2 heterocycles. The lowest BCUT2D eigenvalue weighted by Gasteiger charge is -2.41. The SMILES string of the molecule is Cc1c(N2CCN(C(=O)[C@H]3NCC4(CC4)C[C@@H]3C(=O)NO)CC2)cccc1[N+](=O)[O-]. The Hall–Kier alpha value is -2.72. The van der Waals surface area contributed by atoms with Crippen LogP contribution in [-0.2, 0) is 9.59 Å². The third-order valence-corrected chi connectivity index (χ3v) is 6.83. The van der Waals surface area contributed by atoms with Crippen LogP contribution in [0.25, 0.3) is 0 Å². The van der Waals surface area contributed by atoms with E-state index in [2.05, 4.69) is 10.2 Å². The molecule has 162 valence electrons. The molecule has 10 heteroatoms. The van der Waals surface area contributed by atoms with Crippen molar-refractivity contribution in [1.29, 1.82) is 0 Å². The molecule has 2 aliphatic heterocycles. The van der Waals surface area contributed by atoms with Gasteiger partial charge in [0.25, 0.3) is 5.69 Å². The van der Waals surface area contributed by atoms with E-state index in [1.54, 1.807) is 23.4 Å². The van der Waals surface area contributed by atoms with Gasteiger partial charge in [-0.2, -0.15) is 0 Å². The Morgan fingerprint density at radius 1 is 1.27 bits per heavy atom. The molecule has 3 fully saturated rings. The molecule has 3 N–H and O–H groups in total. The Balaban J connectivity index is 1.42. The van der Waals surface area contributed by atoms with E-state index in [0.717, 1.165) is 18.5 Å². The quantitative estimate of drug-likeness (QED) is 0.376. The maximum absolute atomic E-state index is 13.2. The van der Waals surface area contributed by atoms with Gasteiger partial charge in [-0.25, -0.2) is 5.48 Å². The molecule has 30 heavy (non-hydrogen) atoms. The van der Waals surface area contributed by atoms with E-state index < -0.39 is 17.9 Å². The monoisotopic (exact) mass is 417 g/mol. The van der Waals surface area contributed by atoms with Gasteiger partial charge in [0.2, 0.25) is 11.8 Å². The average Bonchev–Trinajstić information content (AvgIpc) is 3.51. The number of anilines is 1. The molecular formula is C20H27N5O5. The molecule has 0 aromatic heterocycles. The van der Waals surface area contributed by atoms with Gasteiger partial charge in [-0.1, -0.05) is 6.07 Å². The molecule has 1 saturated carbocycles. The number of carbonyl (C=O) groups is 2. The molecule has 2 atom stereocenters. The number of piperazine rings is 1. The zero-order valence-corrected chi connectivity index (χ0v) is 17.0. The van der Waals surface area contributed by atoms with Crippen molar-refractivity contribution >= 4 is 23.2 Å². The number of nitrogens with one attached hydrogen (secondary N) is 2. The third kappa shape index (κ3) is 3.72. The van der Waals surface area contributed by atoms with Gasteiger partial charge in [0, 0.05) is 44.5 Å². The van der Waals surface area contributed by atoms with Gasteiger partial charge in [0.1, 0.15) is 0 Å². The van der Waals surface area contributed by atoms with Gasteiger partial charge in [-0.3, -0.25) is 24.9 Å². The second-order valence-corrected chi connectivity index (χ2v) is 8.64. The van der Waals surface area contributed by atoms with Gasteiger partial charge < -0.3 is 15.1 Å². The predicted molar refractivity (Wildman–Crippen MR) is 108 cm³/mol. The summed E-state index contributed by atoms with van der Waals surface area (Å²) in [6.07, 6.45) is 2.68. The number of nitro groups is 1. The minimum atomic E-state index is -0.644. The maximum Gasteiger partial charge on any atom is 0.274 e. The Bertz CT molecular complexity index is 863. The van der Waals surface area contributed by atoms with Gasteiger partial charge in [0.05, 0.1) is 22.4 Å². The van der Waals surface area contributed by atoms with Crippen LogP contribution in [0.1, 0.15) is 24.8 Å². The molecule has 1 spiro atoms. The van der Waals surface area contributed by atoms with E-state index in [1.807, 2.05) is 6.07 Å². The summed E-state index contributed by atoms with van der Waals surface area (Å²) in [5, 5.41) is 23.6. The van der Waals surface area contributed by atoms with Gasteiger partial charge in [0.15, 0.2) is 0 Å². The Morgan fingerprint density at radius 3 is 2.57 bits per heavy atom. The highest BCUT2D eigenvalue weighted by molar-refractivity contribution is 5.90. The lowest BCUT2D eigenvalue weighted by atomic mass is 9.81. The summed E-state index contributed by atoms with van der Waals surface area (Å²) in [7, 11) is 0. The summed E-state index contributed by atoms with van der Waals surface area (Å²) < 4.78 is 0. The summed E-state index contributed by atoms with van der Waals surface area (Å²) in [4.78, 5) is 40.0. The number of hydroxylamine groups is 1. The van der Waals surface area contributed by atoms with Crippen LogP contribution < -0.4 is 15.7 Å². The highest BCUT2D eigenvalue weighted by atomic mass is 16.6. The lowest BCUT2D eigenvalue weighted by molar-refractivity contribution is -0.385. The van der Waals surface area contributed by atoms with Crippen molar-refractivity contribution in [3.05, 3.63) is 33.9 Å². The zero-order chi connectivity index (χ0) is 21.5. The second kappa shape index (κ2) is 7.84. The smallest absolute Gasteiger partial charge is 0.274 e. The predicted octanol–water partition coefficient (Wildman–Crippen LogP) is 0.816. The van der Waals surface area contributed by atoms with Crippen molar-refractivity contribution < 1.29 is 19.7 Å². The number of nitrogens with zero attached hydrogens (tertiary/aromatic N) is 3. The standard InChI is InChI=1S/C20H27N5O5/c1-13-15(3-2-4-16(13)25(29)30)23-7-9-24(10-8-23)19(27)17-14(18(26)22-28)11-20(5-6-20)12-21-17/h2-4,14,17,21,28H,5-12H2,1H3,(H,22,26)/t14-,17-/m0/s1. The molecule has 10 nitrogen and oxygen atoms in total. The van der Waals surface area contributed by atoms with E-state index in [9.17, 15) is 19.7 Å². The Labute approximate surface area is 174 Å². The zero-order valence-electron chi connectivity index (χ0n) is 17.0. The van der Waals surface area contributed by atoms with E-state index in [4.69, 9.17) is 5.21 Å². The fourth-order valence-electron chi connectivity index (χ4n) is 4.79. The van der Waals surface area contributed by atoms with Crippen LogP contribution in [0.5, 0.6) is 0 Å². The van der Waals surface area contributed by atoms with Crippen LogP contribution in [-0.4, -0.2) is 65.6 Å². The highest BCUT2D eigenvalue weighted by Crippen LogP contribution is 2.52. The third-order valence-electron chi connectivity index (χ3n) is 6.83. The summed E-state index contributed by atoms with van der Waals surface area (Å²) in [6, 6.07) is 4.39. The lowest BCUT2D eigenvalue weighted by Crippen LogP contribution is -2.61. The Kier molecular flexibility index (Phi) is 5.37. The van der Waals surface area contributed by atoms with Crippen molar-refractivity contribution in [2.75, 3.05) is 37.6 Å². The van der Waals surface area contributed by atoms with Crippen molar-refractivity contribution in [1.82, 2.24) is 15.7 Å². The highest BCUT2D eigenvalue weighted by Gasteiger charge is 2.52. The number of benzene rings is 1. The number of piperidine rings is 1. The van der Waals surface area contributed by atoms with E-state index in [0.29, 0.717) is 44.7 Å². The number of rotatable bonds is 4. The molecule has 0 radical (unpaired) electrons. The second-order valence-electron chi connectivity index (χ2n) is 8.64. The summed E-state index contributed by atoms with van der Waals surface area (Å²) in [6.45, 7) is 4.51. The van der Waals surface area contributed by atoms with Crippen LogP contribution >= 0.6 is 0 Å². The molecule has 2 saturated heterocycles. The first-order valence-electron chi connectivity index (χ1n) is 10.3. The summed E-state index contributed by atoms with van der Waals surface area (Å²) >= 11 is 0. The van der Waals surface area contributed by atoms with Crippen molar-refractivity contribution in [2.24, 2.45) is 11.3 Å². The molecule has 0 unspecified atom stereocenters. The number of hydrogen-bond donors (Lipinski definition) is 3. The molecule has 2 amide bonds. The van der Waals surface area contributed by atoms with Crippen LogP contribution in [0.2, 0.25) is 0 Å². The first-order valence-corrected chi connectivity index (χ1v) is 10.3. The van der Waals surface area contributed by atoms with Crippen LogP contribution in [0.3, 0.4) is 0 Å². The summed E-state index contributed by atoms with van der Waals surface area (Å²) in [5.41, 5.74) is 3.32. The normalized spacial score (nSPS) is 25.1. The minimum Gasteiger partial charge on any atom is -0.368 e. The molecular weight excluding hydrogens is 390 g/mol. The molecule has 1 aliphatic carbocycles. The number of carbonyl (C=O) groups excluding carboxylic acids is 2. The van der Waals surface area contributed by atoms with E-state index in [-0.39, 0.29) is 21.9 Å². The van der Waals surface area contributed by atoms with Crippen molar-refractivity contribution in [3.63, 3.8) is 0 Å². The number of amides is 2. The fourth-order valence-corrected chi connectivity index (χ4v) is 4.79. The molecule has 0 bridgehead atoms.